The topological polar surface area (TPSA) is 61.8 Å². The summed E-state index contributed by atoms with van der Waals surface area (Å²) < 4.78 is 15.9. The van der Waals surface area contributed by atoms with E-state index in [1.54, 1.807) is 0 Å². The van der Waals surface area contributed by atoms with Gasteiger partial charge in [0.15, 0.2) is 0 Å². The van der Waals surface area contributed by atoms with Crippen LogP contribution in [0.1, 0.15) is 34.6 Å². The summed E-state index contributed by atoms with van der Waals surface area (Å²) >= 11 is 0. The van der Waals surface area contributed by atoms with Crippen LogP contribution < -0.4 is 0 Å². The lowest BCUT2D eigenvalue weighted by molar-refractivity contribution is -0.248. The van der Waals surface area contributed by atoms with E-state index in [1.807, 2.05) is 6.92 Å². The maximum absolute atomic E-state index is 11.0. The van der Waals surface area contributed by atoms with Gasteiger partial charge in [0.05, 0.1) is 6.10 Å². The van der Waals surface area contributed by atoms with E-state index in [2.05, 4.69) is 13.8 Å². The molecule has 1 aliphatic heterocycles. The van der Waals surface area contributed by atoms with Crippen LogP contribution in [-0.2, 0) is 23.8 Å². The second-order valence-corrected chi connectivity index (χ2v) is 5.03. The molecular formula is C13H22O5. The van der Waals surface area contributed by atoms with E-state index in [1.165, 1.54) is 13.8 Å². The third kappa shape index (κ3) is 3.70. The molecule has 3 unspecified atom stereocenters. The van der Waals surface area contributed by atoms with Gasteiger partial charge in [-0.2, -0.15) is 0 Å². The standard InChI is InChI=1S/C13H22O5/c1-7-8(2)12(6-16-10(4)14)18-13(9(7)3)17-11(5)15/h7-9,12-13H,6H2,1-5H3/t7-,8+,9?,12?,13?/m0/s1. The lowest BCUT2D eigenvalue weighted by Crippen LogP contribution is -2.48. The molecule has 0 aromatic heterocycles. The van der Waals surface area contributed by atoms with Crippen LogP contribution in [0.3, 0.4) is 0 Å². The molecule has 1 heterocycles. The summed E-state index contributed by atoms with van der Waals surface area (Å²) in [6.45, 7) is 9.07. The van der Waals surface area contributed by atoms with Crippen molar-refractivity contribution in [3.63, 3.8) is 0 Å². The first-order chi connectivity index (χ1) is 8.32. The van der Waals surface area contributed by atoms with Crippen LogP contribution in [-0.4, -0.2) is 30.9 Å². The minimum Gasteiger partial charge on any atom is -0.463 e. The molecule has 104 valence electrons. The third-order valence-electron chi connectivity index (χ3n) is 3.72. The Hall–Kier alpha value is -1.10. The van der Waals surface area contributed by atoms with Crippen LogP contribution in [0.2, 0.25) is 0 Å². The Bertz CT molecular complexity index is 313. The zero-order valence-corrected chi connectivity index (χ0v) is 11.6. The summed E-state index contributed by atoms with van der Waals surface area (Å²) in [5, 5.41) is 0. The van der Waals surface area contributed by atoms with Gasteiger partial charge in [-0.1, -0.05) is 20.8 Å². The Morgan fingerprint density at radius 1 is 1.00 bits per heavy atom. The molecule has 5 heteroatoms. The van der Waals surface area contributed by atoms with Gasteiger partial charge in [-0.3, -0.25) is 9.59 Å². The quantitative estimate of drug-likeness (QED) is 0.722. The molecular weight excluding hydrogens is 236 g/mol. The van der Waals surface area contributed by atoms with Gasteiger partial charge in [-0.25, -0.2) is 0 Å². The number of carbonyl (C=O) groups excluding carboxylic acids is 2. The highest BCUT2D eigenvalue weighted by Gasteiger charge is 2.41. The van der Waals surface area contributed by atoms with Gasteiger partial charge in [0.25, 0.3) is 0 Å². The Kier molecular flexibility index (Phi) is 5.14. The molecule has 5 nitrogen and oxygen atoms in total. The summed E-state index contributed by atoms with van der Waals surface area (Å²) in [5.74, 6) is -0.00625. The number of ether oxygens (including phenoxy) is 3. The zero-order chi connectivity index (χ0) is 13.9. The molecule has 1 aliphatic rings. The van der Waals surface area contributed by atoms with Gasteiger partial charge >= 0.3 is 11.9 Å². The Morgan fingerprint density at radius 2 is 1.61 bits per heavy atom. The summed E-state index contributed by atoms with van der Waals surface area (Å²) in [6, 6.07) is 0. The fourth-order valence-corrected chi connectivity index (χ4v) is 2.17. The van der Waals surface area contributed by atoms with Gasteiger partial charge in [-0.15, -0.1) is 0 Å². The molecule has 0 saturated carbocycles. The molecule has 0 N–H and O–H groups in total. The van der Waals surface area contributed by atoms with Crippen LogP contribution in [0.4, 0.5) is 0 Å². The van der Waals surface area contributed by atoms with Crippen molar-refractivity contribution in [3.8, 4) is 0 Å². The highest BCUT2D eigenvalue weighted by atomic mass is 16.7. The van der Waals surface area contributed by atoms with E-state index < -0.39 is 6.29 Å². The molecule has 1 saturated heterocycles. The molecule has 1 rings (SSSR count). The van der Waals surface area contributed by atoms with Crippen molar-refractivity contribution in [2.75, 3.05) is 6.61 Å². The fourth-order valence-electron chi connectivity index (χ4n) is 2.17. The second-order valence-electron chi connectivity index (χ2n) is 5.03. The Morgan fingerprint density at radius 3 is 2.11 bits per heavy atom. The fraction of sp³-hybridized carbons (Fsp3) is 0.846. The first kappa shape index (κ1) is 15.0. The van der Waals surface area contributed by atoms with E-state index >= 15 is 0 Å². The van der Waals surface area contributed by atoms with Crippen molar-refractivity contribution in [1.82, 2.24) is 0 Å². The van der Waals surface area contributed by atoms with Gasteiger partial charge in [0.1, 0.15) is 6.61 Å². The van der Waals surface area contributed by atoms with Crippen molar-refractivity contribution in [1.29, 1.82) is 0 Å². The van der Waals surface area contributed by atoms with Gasteiger partial charge in [0.2, 0.25) is 6.29 Å². The number of rotatable bonds is 3. The summed E-state index contributed by atoms with van der Waals surface area (Å²) in [5.41, 5.74) is 0. The highest BCUT2D eigenvalue weighted by molar-refractivity contribution is 5.66. The van der Waals surface area contributed by atoms with Gasteiger partial charge in [-0.05, 0) is 11.8 Å². The van der Waals surface area contributed by atoms with Crippen molar-refractivity contribution in [2.45, 2.75) is 47.0 Å². The Balaban J connectivity index is 2.67. The average Bonchev–Trinajstić information content (AvgIpc) is 2.27. The molecule has 18 heavy (non-hydrogen) atoms. The number of hydrogen-bond donors (Lipinski definition) is 0. The first-order valence-corrected chi connectivity index (χ1v) is 6.29. The minimum atomic E-state index is -0.561. The molecule has 5 atom stereocenters. The van der Waals surface area contributed by atoms with Gasteiger partial charge < -0.3 is 14.2 Å². The zero-order valence-electron chi connectivity index (χ0n) is 11.6. The normalized spacial score (nSPS) is 35.9. The lowest BCUT2D eigenvalue weighted by atomic mass is 9.79. The molecule has 0 amide bonds. The van der Waals surface area contributed by atoms with Crippen LogP contribution in [0.15, 0.2) is 0 Å². The van der Waals surface area contributed by atoms with Crippen LogP contribution >= 0.6 is 0 Å². The van der Waals surface area contributed by atoms with Crippen molar-refractivity contribution >= 4 is 11.9 Å². The SMILES string of the molecule is CC(=O)OCC1OC(OC(C)=O)C(C)[C@@H](C)[C@H]1C. The smallest absolute Gasteiger partial charge is 0.304 e. The summed E-state index contributed by atoms with van der Waals surface area (Å²) in [7, 11) is 0. The van der Waals surface area contributed by atoms with Crippen LogP contribution in [0.5, 0.6) is 0 Å². The van der Waals surface area contributed by atoms with E-state index in [0.29, 0.717) is 5.92 Å². The van der Waals surface area contributed by atoms with E-state index in [-0.39, 0.29) is 36.5 Å². The third-order valence-corrected chi connectivity index (χ3v) is 3.72. The number of carbonyl (C=O) groups is 2. The molecule has 0 spiro atoms. The molecule has 0 aromatic carbocycles. The molecule has 0 aromatic rings. The number of hydrogen-bond acceptors (Lipinski definition) is 5. The maximum Gasteiger partial charge on any atom is 0.304 e. The minimum absolute atomic E-state index is 0.123. The summed E-state index contributed by atoms with van der Waals surface area (Å²) in [6.07, 6.45) is -0.793. The second kappa shape index (κ2) is 6.18. The molecule has 0 radical (unpaired) electrons. The summed E-state index contributed by atoms with van der Waals surface area (Å²) in [4.78, 5) is 21.9. The lowest BCUT2D eigenvalue weighted by Gasteiger charge is -2.42. The van der Waals surface area contributed by atoms with Crippen molar-refractivity contribution in [3.05, 3.63) is 0 Å². The molecule has 0 bridgehead atoms. The number of esters is 2. The first-order valence-electron chi connectivity index (χ1n) is 6.29. The average molecular weight is 258 g/mol. The van der Waals surface area contributed by atoms with E-state index in [0.717, 1.165) is 0 Å². The molecule has 1 fully saturated rings. The van der Waals surface area contributed by atoms with Crippen molar-refractivity contribution < 1.29 is 23.8 Å². The predicted octanol–water partition coefficient (Wildman–Crippen LogP) is 1.75. The Labute approximate surface area is 108 Å². The van der Waals surface area contributed by atoms with E-state index in [4.69, 9.17) is 14.2 Å². The van der Waals surface area contributed by atoms with Crippen molar-refractivity contribution in [2.24, 2.45) is 17.8 Å². The monoisotopic (exact) mass is 258 g/mol. The highest BCUT2D eigenvalue weighted by Crippen LogP contribution is 2.35. The van der Waals surface area contributed by atoms with Crippen LogP contribution in [0, 0.1) is 17.8 Å². The molecule has 0 aliphatic carbocycles. The predicted molar refractivity (Wildman–Crippen MR) is 64.6 cm³/mol. The maximum atomic E-state index is 11.0. The van der Waals surface area contributed by atoms with Crippen LogP contribution in [0.25, 0.3) is 0 Å². The van der Waals surface area contributed by atoms with Gasteiger partial charge in [0, 0.05) is 19.8 Å². The largest absolute Gasteiger partial charge is 0.463 e. The van der Waals surface area contributed by atoms with E-state index in [9.17, 15) is 9.59 Å².